The van der Waals surface area contributed by atoms with Crippen molar-refractivity contribution < 1.29 is 40.6 Å². The molecular weight excluding hydrogens is 224 g/mol. The molecule has 0 saturated carbocycles. The maximum atomic E-state index is 3.81. The average molecular weight is 253 g/mol. The SMILES string of the molecule is CC1(C)C=CC([Si](C)(C)NC(C)(C)C)=CC1.[H-].[H-].[Li+].[Li+]. The molecule has 1 aliphatic carbocycles. The van der Waals surface area contributed by atoms with Gasteiger partial charge in [-0.2, -0.15) is 0 Å². The number of allylic oxidation sites excluding steroid dienone is 4. The van der Waals surface area contributed by atoms with Gasteiger partial charge in [0, 0.05) is 5.54 Å². The van der Waals surface area contributed by atoms with Gasteiger partial charge < -0.3 is 7.84 Å². The van der Waals surface area contributed by atoms with Gasteiger partial charge in [0.15, 0.2) is 8.24 Å². The Morgan fingerprint density at radius 2 is 1.72 bits per heavy atom. The zero-order valence-electron chi connectivity index (χ0n) is 15.9. The number of hydrogen-bond acceptors (Lipinski definition) is 1. The van der Waals surface area contributed by atoms with E-state index >= 15 is 0 Å². The first kappa shape index (κ1) is 21.2. The molecule has 4 heteroatoms. The summed E-state index contributed by atoms with van der Waals surface area (Å²) in [7, 11) is -1.48. The summed E-state index contributed by atoms with van der Waals surface area (Å²) >= 11 is 0. The molecule has 0 aromatic carbocycles. The number of nitrogens with one attached hydrogen (secondary N) is 1. The van der Waals surface area contributed by atoms with Crippen molar-refractivity contribution in [3.05, 3.63) is 23.4 Å². The van der Waals surface area contributed by atoms with Crippen LogP contribution in [0.1, 0.15) is 43.9 Å². The monoisotopic (exact) mass is 253 g/mol. The van der Waals surface area contributed by atoms with Crippen LogP contribution < -0.4 is 42.7 Å². The Hall–Kier alpha value is 0.852. The summed E-state index contributed by atoms with van der Waals surface area (Å²) in [6, 6.07) is 0. The summed E-state index contributed by atoms with van der Waals surface area (Å²) in [6.45, 7) is 16.1. The Labute approximate surface area is 142 Å². The number of rotatable bonds is 2. The van der Waals surface area contributed by atoms with E-state index in [2.05, 4.69) is 70.9 Å². The topological polar surface area (TPSA) is 12.0 Å². The standard InChI is InChI=1S/C14H27NSi.2Li.2H/c1-13(2,3)15-16(6,7)12-8-10-14(4,5)11-9-12;;;;/h8-10,15H,11H2,1-7H3;;;;/q;2*+1;2*-1. The van der Waals surface area contributed by atoms with Crippen LogP contribution in [0.15, 0.2) is 23.4 Å². The van der Waals surface area contributed by atoms with Gasteiger partial charge in [-0.3, -0.25) is 0 Å². The van der Waals surface area contributed by atoms with Gasteiger partial charge >= 0.3 is 37.7 Å². The summed E-state index contributed by atoms with van der Waals surface area (Å²) < 4.78 is 0. The van der Waals surface area contributed by atoms with E-state index in [0.717, 1.165) is 0 Å². The van der Waals surface area contributed by atoms with Gasteiger partial charge in [0.2, 0.25) is 0 Å². The van der Waals surface area contributed by atoms with Crippen molar-refractivity contribution in [2.24, 2.45) is 5.41 Å². The molecule has 0 fully saturated rings. The third kappa shape index (κ3) is 6.86. The van der Waals surface area contributed by atoms with Crippen molar-refractivity contribution in [2.45, 2.75) is 59.7 Å². The zero-order chi connectivity index (χ0) is 12.6. The summed E-state index contributed by atoms with van der Waals surface area (Å²) in [4.78, 5) is 3.81. The van der Waals surface area contributed by atoms with Crippen molar-refractivity contribution in [2.75, 3.05) is 0 Å². The van der Waals surface area contributed by atoms with Crippen LogP contribution in [-0.2, 0) is 0 Å². The largest absolute Gasteiger partial charge is 1.00 e. The van der Waals surface area contributed by atoms with Gasteiger partial charge in [-0.05, 0) is 37.8 Å². The van der Waals surface area contributed by atoms with Crippen molar-refractivity contribution in [3.8, 4) is 0 Å². The fraction of sp³-hybridized carbons (Fsp3) is 0.714. The molecule has 0 radical (unpaired) electrons. The van der Waals surface area contributed by atoms with Crippen molar-refractivity contribution in [3.63, 3.8) is 0 Å². The van der Waals surface area contributed by atoms with Crippen LogP contribution in [-0.4, -0.2) is 13.8 Å². The molecule has 1 N–H and O–H groups in total. The predicted molar refractivity (Wildman–Crippen MR) is 78.2 cm³/mol. The third-order valence-electron chi connectivity index (χ3n) is 2.97. The zero-order valence-corrected chi connectivity index (χ0v) is 14.9. The Kier molecular flexibility index (Phi) is 8.26. The molecule has 0 heterocycles. The van der Waals surface area contributed by atoms with E-state index in [0.29, 0.717) is 5.41 Å². The molecule has 1 rings (SSSR count). The van der Waals surface area contributed by atoms with Crippen molar-refractivity contribution in [1.29, 1.82) is 0 Å². The smallest absolute Gasteiger partial charge is 1.00 e. The molecular formula is C14H29Li2NSi. The van der Waals surface area contributed by atoms with Crippen LogP contribution >= 0.6 is 0 Å². The second-order valence-electron chi connectivity index (χ2n) is 7.19. The number of hydrogen-bond donors (Lipinski definition) is 1. The molecule has 0 unspecified atom stereocenters. The second-order valence-corrected chi connectivity index (χ2v) is 11.3. The van der Waals surface area contributed by atoms with Crippen molar-refractivity contribution in [1.82, 2.24) is 4.98 Å². The summed E-state index contributed by atoms with van der Waals surface area (Å²) in [5.74, 6) is 0. The predicted octanol–water partition coefficient (Wildman–Crippen LogP) is -1.74. The molecule has 0 aromatic rings. The summed E-state index contributed by atoms with van der Waals surface area (Å²) in [6.07, 6.45) is 8.31. The summed E-state index contributed by atoms with van der Waals surface area (Å²) in [5.41, 5.74) is 0.549. The minimum absolute atomic E-state index is 0. The van der Waals surface area contributed by atoms with E-state index in [-0.39, 0.29) is 46.1 Å². The molecule has 0 aromatic heterocycles. The van der Waals surface area contributed by atoms with Gasteiger partial charge in [-0.15, -0.1) is 0 Å². The van der Waals surface area contributed by atoms with E-state index in [4.69, 9.17) is 0 Å². The van der Waals surface area contributed by atoms with Crippen molar-refractivity contribution >= 4 is 8.24 Å². The third-order valence-corrected chi connectivity index (χ3v) is 6.16. The molecule has 1 aliphatic rings. The van der Waals surface area contributed by atoms with Crippen LogP contribution in [0.2, 0.25) is 13.1 Å². The van der Waals surface area contributed by atoms with Crippen LogP contribution in [0, 0.1) is 5.41 Å². The van der Waals surface area contributed by atoms with E-state index in [1.165, 1.54) is 6.42 Å². The first-order valence-electron chi connectivity index (χ1n) is 6.21. The maximum absolute atomic E-state index is 3.81. The Bertz CT molecular complexity index is 335. The minimum Gasteiger partial charge on any atom is -1.00 e. The molecule has 0 atom stereocenters. The molecule has 96 valence electrons. The maximum Gasteiger partial charge on any atom is 1.00 e. The van der Waals surface area contributed by atoms with Gasteiger partial charge in [-0.1, -0.05) is 45.2 Å². The molecule has 0 aliphatic heterocycles. The van der Waals surface area contributed by atoms with Crippen LogP contribution in [0.25, 0.3) is 0 Å². The molecule has 1 nitrogen and oxygen atoms in total. The van der Waals surface area contributed by atoms with E-state index in [9.17, 15) is 0 Å². The molecule has 0 amide bonds. The van der Waals surface area contributed by atoms with Crippen LogP contribution in [0.3, 0.4) is 0 Å². The van der Waals surface area contributed by atoms with Gasteiger partial charge in [0.05, 0.1) is 0 Å². The molecule has 0 bridgehead atoms. The fourth-order valence-corrected chi connectivity index (χ4v) is 5.43. The fourth-order valence-electron chi connectivity index (χ4n) is 2.30. The van der Waals surface area contributed by atoms with Crippen LogP contribution in [0.5, 0.6) is 0 Å². The minimum atomic E-state index is -1.48. The second kappa shape index (κ2) is 7.03. The van der Waals surface area contributed by atoms with E-state index in [1.54, 1.807) is 5.20 Å². The van der Waals surface area contributed by atoms with Gasteiger partial charge in [0.1, 0.15) is 0 Å². The first-order chi connectivity index (χ1) is 7.02. The first-order valence-corrected chi connectivity index (χ1v) is 9.21. The van der Waals surface area contributed by atoms with Gasteiger partial charge in [-0.25, -0.2) is 0 Å². The summed E-state index contributed by atoms with van der Waals surface area (Å²) in [5, 5.41) is 1.54. The quantitative estimate of drug-likeness (QED) is 0.577. The Morgan fingerprint density at radius 3 is 2.06 bits per heavy atom. The van der Waals surface area contributed by atoms with Gasteiger partial charge in [0.25, 0.3) is 0 Å². The normalized spacial score (nSPS) is 18.5. The molecule has 0 saturated heterocycles. The van der Waals surface area contributed by atoms with Crippen LogP contribution in [0.4, 0.5) is 0 Å². The molecule has 0 spiro atoms. The Balaban J connectivity index is -0.000000320. The average Bonchev–Trinajstić information content (AvgIpc) is 1.98. The van der Waals surface area contributed by atoms with E-state index in [1.807, 2.05) is 0 Å². The van der Waals surface area contributed by atoms with E-state index < -0.39 is 8.24 Å². The Morgan fingerprint density at radius 1 is 1.22 bits per heavy atom. The molecule has 18 heavy (non-hydrogen) atoms.